The van der Waals surface area contributed by atoms with Crippen LogP contribution in [0.4, 0.5) is 5.69 Å². The Kier molecular flexibility index (Phi) is 6.61. The zero-order chi connectivity index (χ0) is 18.4. The molecule has 2 aromatic rings. The van der Waals surface area contributed by atoms with Crippen LogP contribution in [0.3, 0.4) is 0 Å². The van der Waals surface area contributed by atoms with E-state index in [-0.39, 0.29) is 11.0 Å². The Hall–Kier alpha value is -1.95. The van der Waals surface area contributed by atoms with Crippen molar-refractivity contribution in [3.8, 4) is 0 Å². The fourth-order valence-corrected chi connectivity index (χ4v) is 3.44. The van der Waals surface area contributed by atoms with Crippen LogP contribution in [0.1, 0.15) is 35.2 Å². The molecular weight excluding hydrogens is 366 g/mol. The summed E-state index contributed by atoms with van der Waals surface area (Å²) in [6.07, 6.45) is 3.93. The summed E-state index contributed by atoms with van der Waals surface area (Å²) in [4.78, 5) is 14.7. The average Bonchev–Trinajstić information content (AvgIpc) is 2.64. The molecule has 0 saturated carbocycles. The lowest BCUT2D eigenvalue weighted by atomic mass is 10.1. The van der Waals surface area contributed by atoms with Crippen molar-refractivity contribution < 1.29 is 4.79 Å². The number of nitrogens with zero attached hydrogens (tertiary/aromatic N) is 1. The first-order valence-corrected chi connectivity index (χ1v) is 9.58. The first-order chi connectivity index (χ1) is 12.6. The number of amides is 1. The summed E-state index contributed by atoms with van der Waals surface area (Å²) < 4.78 is 0. The number of hydrogen-bond donors (Lipinski definition) is 2. The number of piperidine rings is 1. The van der Waals surface area contributed by atoms with Gasteiger partial charge in [0.15, 0.2) is 5.11 Å². The predicted octanol–water partition coefficient (Wildman–Crippen LogP) is 4.45. The number of carbonyl (C=O) groups excluding carboxylic acids is 1. The van der Waals surface area contributed by atoms with Gasteiger partial charge in [-0.05, 0) is 74.0 Å². The highest BCUT2D eigenvalue weighted by Gasteiger charge is 2.11. The van der Waals surface area contributed by atoms with Crippen molar-refractivity contribution >= 4 is 40.5 Å². The van der Waals surface area contributed by atoms with Crippen molar-refractivity contribution in [1.82, 2.24) is 10.2 Å². The second-order valence-corrected chi connectivity index (χ2v) is 7.30. The van der Waals surface area contributed by atoms with E-state index in [0.29, 0.717) is 10.6 Å². The molecule has 0 aliphatic carbocycles. The van der Waals surface area contributed by atoms with E-state index in [2.05, 4.69) is 27.7 Å². The van der Waals surface area contributed by atoms with E-state index in [0.717, 1.165) is 12.2 Å². The van der Waals surface area contributed by atoms with Crippen molar-refractivity contribution in [3.05, 3.63) is 64.7 Å². The molecule has 3 rings (SSSR count). The third-order valence-electron chi connectivity index (χ3n) is 4.38. The van der Waals surface area contributed by atoms with Crippen LogP contribution in [0, 0.1) is 0 Å². The summed E-state index contributed by atoms with van der Waals surface area (Å²) in [5.74, 6) is -0.285. The topological polar surface area (TPSA) is 44.4 Å². The number of hydrogen-bond acceptors (Lipinski definition) is 3. The molecule has 1 heterocycles. The third-order valence-corrected chi connectivity index (χ3v) is 4.82. The molecule has 1 saturated heterocycles. The summed E-state index contributed by atoms with van der Waals surface area (Å²) in [6.45, 7) is 3.34. The van der Waals surface area contributed by atoms with Crippen molar-refractivity contribution in [1.29, 1.82) is 0 Å². The van der Waals surface area contributed by atoms with Crippen molar-refractivity contribution in [3.63, 3.8) is 0 Å². The Balaban J connectivity index is 1.51. The van der Waals surface area contributed by atoms with Gasteiger partial charge in [-0.25, -0.2) is 0 Å². The molecule has 0 aromatic heterocycles. The molecule has 4 nitrogen and oxygen atoms in total. The van der Waals surface area contributed by atoms with Crippen molar-refractivity contribution in [2.75, 3.05) is 18.4 Å². The molecule has 26 heavy (non-hydrogen) atoms. The number of rotatable bonds is 4. The van der Waals surface area contributed by atoms with E-state index in [1.54, 1.807) is 24.3 Å². The minimum absolute atomic E-state index is 0.263. The van der Waals surface area contributed by atoms with Crippen LogP contribution in [-0.4, -0.2) is 29.0 Å². The number of benzene rings is 2. The Morgan fingerprint density at radius 3 is 2.50 bits per heavy atom. The quantitative estimate of drug-likeness (QED) is 0.760. The molecule has 1 amide bonds. The minimum Gasteiger partial charge on any atom is -0.332 e. The first kappa shape index (κ1) is 18.8. The maximum Gasteiger partial charge on any atom is 0.257 e. The van der Waals surface area contributed by atoms with Crippen LogP contribution in [0.15, 0.2) is 48.5 Å². The van der Waals surface area contributed by atoms with Gasteiger partial charge < -0.3 is 5.32 Å². The molecular formula is C20H22ClN3OS. The summed E-state index contributed by atoms with van der Waals surface area (Å²) in [5, 5.41) is 6.49. The molecule has 0 bridgehead atoms. The summed E-state index contributed by atoms with van der Waals surface area (Å²) >= 11 is 11.1. The van der Waals surface area contributed by atoms with Crippen LogP contribution in [0.5, 0.6) is 0 Å². The van der Waals surface area contributed by atoms with Crippen molar-refractivity contribution in [2.45, 2.75) is 25.8 Å². The van der Waals surface area contributed by atoms with E-state index in [9.17, 15) is 4.79 Å². The van der Waals surface area contributed by atoms with Crippen LogP contribution < -0.4 is 10.6 Å². The van der Waals surface area contributed by atoms with Gasteiger partial charge in [-0.3, -0.25) is 15.0 Å². The van der Waals surface area contributed by atoms with E-state index < -0.39 is 0 Å². The van der Waals surface area contributed by atoms with Gasteiger partial charge >= 0.3 is 0 Å². The minimum atomic E-state index is -0.285. The average molecular weight is 388 g/mol. The van der Waals surface area contributed by atoms with Crippen molar-refractivity contribution in [2.24, 2.45) is 0 Å². The Bertz CT molecular complexity index is 773. The molecule has 2 aromatic carbocycles. The fraction of sp³-hybridized carbons (Fsp3) is 0.300. The lowest BCUT2D eigenvalue weighted by Crippen LogP contribution is -2.34. The highest BCUT2D eigenvalue weighted by molar-refractivity contribution is 7.80. The largest absolute Gasteiger partial charge is 0.332 e. The molecule has 1 fully saturated rings. The maximum atomic E-state index is 12.2. The Morgan fingerprint density at radius 2 is 1.81 bits per heavy atom. The molecule has 1 aliphatic heterocycles. The molecule has 0 radical (unpaired) electrons. The standard InChI is InChI=1S/C20H22ClN3OS/c21-17-6-4-5-16(13-17)19(25)23-20(26)22-18-9-7-15(8-10-18)14-24-11-2-1-3-12-24/h4-10,13H,1-3,11-12,14H2,(H2,22,23,25,26). The highest BCUT2D eigenvalue weighted by Crippen LogP contribution is 2.15. The Morgan fingerprint density at radius 1 is 1.08 bits per heavy atom. The van der Waals surface area contributed by atoms with E-state index in [1.165, 1.54) is 37.9 Å². The number of halogens is 1. The normalized spacial score (nSPS) is 14.7. The Labute approximate surface area is 164 Å². The molecule has 0 atom stereocenters. The summed E-state index contributed by atoms with van der Waals surface area (Å²) in [6, 6.07) is 14.9. The van der Waals surface area contributed by atoms with Gasteiger partial charge in [-0.15, -0.1) is 0 Å². The molecule has 2 N–H and O–H groups in total. The maximum absolute atomic E-state index is 12.2. The second kappa shape index (κ2) is 9.12. The van der Waals surface area contributed by atoms with E-state index >= 15 is 0 Å². The number of carbonyl (C=O) groups is 1. The zero-order valence-corrected chi connectivity index (χ0v) is 16.1. The van der Waals surface area contributed by atoms with E-state index in [1.807, 2.05) is 12.1 Å². The molecule has 6 heteroatoms. The van der Waals surface area contributed by atoms with Gasteiger partial charge in [-0.1, -0.05) is 36.2 Å². The zero-order valence-electron chi connectivity index (χ0n) is 14.5. The van der Waals surface area contributed by atoms with Gasteiger partial charge in [0, 0.05) is 22.8 Å². The smallest absolute Gasteiger partial charge is 0.257 e. The summed E-state index contributed by atoms with van der Waals surface area (Å²) in [7, 11) is 0. The van der Waals surface area contributed by atoms with Crippen LogP contribution in [0.2, 0.25) is 5.02 Å². The third kappa shape index (κ3) is 5.53. The van der Waals surface area contributed by atoms with Crippen LogP contribution >= 0.6 is 23.8 Å². The SMILES string of the molecule is O=C(NC(=S)Nc1ccc(CN2CCCCC2)cc1)c1cccc(Cl)c1. The lowest BCUT2D eigenvalue weighted by molar-refractivity contribution is 0.0977. The predicted molar refractivity (Wildman–Crippen MR) is 111 cm³/mol. The molecule has 0 unspecified atom stereocenters. The van der Waals surface area contributed by atoms with Gasteiger partial charge in [-0.2, -0.15) is 0 Å². The van der Waals surface area contributed by atoms with Gasteiger partial charge in [0.25, 0.3) is 5.91 Å². The number of likely N-dealkylation sites (tertiary alicyclic amines) is 1. The van der Waals surface area contributed by atoms with Gasteiger partial charge in [0.2, 0.25) is 0 Å². The highest BCUT2D eigenvalue weighted by atomic mass is 35.5. The molecule has 136 valence electrons. The van der Waals surface area contributed by atoms with Crippen LogP contribution in [0.25, 0.3) is 0 Å². The van der Waals surface area contributed by atoms with Gasteiger partial charge in [0.1, 0.15) is 0 Å². The summed E-state index contributed by atoms with van der Waals surface area (Å²) in [5.41, 5.74) is 2.61. The first-order valence-electron chi connectivity index (χ1n) is 8.79. The number of nitrogens with one attached hydrogen (secondary N) is 2. The molecule has 1 aliphatic rings. The van der Waals surface area contributed by atoms with Gasteiger partial charge in [0.05, 0.1) is 0 Å². The second-order valence-electron chi connectivity index (χ2n) is 6.45. The molecule has 0 spiro atoms. The number of anilines is 1. The monoisotopic (exact) mass is 387 g/mol. The lowest BCUT2D eigenvalue weighted by Gasteiger charge is -2.26. The van der Waals surface area contributed by atoms with Crippen LogP contribution in [-0.2, 0) is 6.54 Å². The number of thiocarbonyl (C=S) groups is 1. The van der Waals surface area contributed by atoms with E-state index in [4.69, 9.17) is 23.8 Å². The fourth-order valence-electron chi connectivity index (χ4n) is 3.04.